The van der Waals surface area contributed by atoms with Crippen molar-refractivity contribution in [2.45, 2.75) is 259 Å². The Morgan fingerprint density at radius 2 is 0.563 bits per heavy atom. The molecule has 4 unspecified atom stereocenters. The molecule has 7 nitrogen and oxygen atoms in total. The van der Waals surface area contributed by atoms with Crippen molar-refractivity contribution in [3.63, 3.8) is 0 Å². The lowest BCUT2D eigenvalue weighted by Crippen LogP contribution is -2.44. The van der Waals surface area contributed by atoms with Crippen molar-refractivity contribution in [1.29, 1.82) is 0 Å². The summed E-state index contributed by atoms with van der Waals surface area (Å²) in [6.07, 6.45) is 19.6. The first kappa shape index (κ1) is 72.8. The molecule has 0 spiro atoms. The van der Waals surface area contributed by atoms with E-state index < -0.39 is 0 Å². The highest BCUT2D eigenvalue weighted by molar-refractivity contribution is 4.87. The molecule has 7 aliphatic heterocycles. The third kappa shape index (κ3) is 32.2. The fourth-order valence-electron chi connectivity index (χ4n) is 11.7. The second-order valence-corrected chi connectivity index (χ2v) is 28.8. The minimum absolute atomic E-state index is 0.467. The number of hydrogen-bond donors (Lipinski definition) is 0. The Morgan fingerprint density at radius 3 is 0.803 bits per heavy atom. The molecule has 7 aliphatic rings. The summed E-state index contributed by atoms with van der Waals surface area (Å²) in [6.45, 7) is 60.8. The van der Waals surface area contributed by atoms with Gasteiger partial charge in [-0.3, -0.25) is 0 Å². The van der Waals surface area contributed by atoms with Gasteiger partial charge in [-0.25, -0.2) is 0 Å². The van der Waals surface area contributed by atoms with Gasteiger partial charge in [0.05, 0.1) is 0 Å². The van der Waals surface area contributed by atoms with E-state index in [4.69, 9.17) is 0 Å². The van der Waals surface area contributed by atoms with E-state index in [2.05, 4.69) is 201 Å². The molecule has 0 N–H and O–H groups in total. The minimum atomic E-state index is 0.467. The number of likely N-dealkylation sites (tertiary alicyclic amines) is 7. The van der Waals surface area contributed by atoms with Crippen molar-refractivity contribution >= 4 is 0 Å². The van der Waals surface area contributed by atoms with Crippen molar-refractivity contribution < 1.29 is 0 Å². The quantitative estimate of drug-likeness (QED) is 0.238. The van der Waals surface area contributed by atoms with E-state index in [9.17, 15) is 0 Å². The Labute approximate surface area is 451 Å². The predicted octanol–water partition coefficient (Wildman–Crippen LogP) is 15.6. The third-order valence-electron chi connectivity index (χ3n) is 17.5. The molecule has 7 heteroatoms. The molecule has 0 aliphatic carbocycles. The van der Waals surface area contributed by atoms with E-state index >= 15 is 0 Å². The number of nitrogens with zero attached hydrogens (tertiary/aromatic N) is 7. The monoisotopic (exact) mass is 1010 g/mol. The molecule has 430 valence electrons. The van der Waals surface area contributed by atoms with Crippen LogP contribution in [-0.2, 0) is 0 Å². The van der Waals surface area contributed by atoms with Gasteiger partial charge in [-0.05, 0) is 244 Å². The van der Waals surface area contributed by atoms with Gasteiger partial charge in [-0.2, -0.15) is 0 Å². The van der Waals surface area contributed by atoms with Gasteiger partial charge in [0.25, 0.3) is 0 Å². The summed E-state index contributed by atoms with van der Waals surface area (Å²) >= 11 is 0. The van der Waals surface area contributed by atoms with Crippen LogP contribution in [0.25, 0.3) is 0 Å². The summed E-state index contributed by atoms with van der Waals surface area (Å²) in [5.74, 6) is 2.76. The highest BCUT2D eigenvalue weighted by Crippen LogP contribution is 2.36. The van der Waals surface area contributed by atoms with Crippen LogP contribution in [0.2, 0.25) is 0 Å². The van der Waals surface area contributed by atoms with Crippen molar-refractivity contribution in [2.75, 3.05) is 115 Å². The standard InChI is InChI=1S/3C10H21N.2C9H19N.2C6H13N.2C2H6/c1-10(2,3)9-5-7-11(4)8-6-9;1-10(2,3)9-6-5-7-11(4)8-9;1-10(2,3)9-7-5-6-8-11(9)4;1-9(2,3)8-5-6-10(4)7-8;1-9(2,3)8-6-5-7-10(8)4;2*1-6-4-3-5-7(6)2;2*1-2/h3*9H,5-8H2,1-4H3;2*8H,5-7H2,1-4H3;2*6H,3-5H2,1-2H3;2*1-2H3/t;;;;;2*6-;;/m.....10../s1. The van der Waals surface area contributed by atoms with Gasteiger partial charge in [0.15, 0.2) is 0 Å². The zero-order chi connectivity index (χ0) is 55.6. The van der Waals surface area contributed by atoms with E-state index in [0.29, 0.717) is 27.1 Å². The summed E-state index contributed by atoms with van der Waals surface area (Å²) in [5, 5.41) is 0. The van der Waals surface area contributed by atoms with Crippen LogP contribution in [0.3, 0.4) is 0 Å². The van der Waals surface area contributed by atoms with E-state index in [1.54, 1.807) is 0 Å². The topological polar surface area (TPSA) is 22.7 Å². The molecule has 0 saturated carbocycles. The molecule has 7 rings (SSSR count). The average Bonchev–Trinajstić information content (AvgIpc) is 4.10. The highest BCUT2D eigenvalue weighted by Gasteiger charge is 2.33. The molecule has 6 atom stereocenters. The van der Waals surface area contributed by atoms with Crippen LogP contribution in [0.4, 0.5) is 0 Å². The van der Waals surface area contributed by atoms with Gasteiger partial charge in [0.2, 0.25) is 0 Å². The molecule has 0 aromatic rings. The Kier molecular flexibility index (Phi) is 36.8. The van der Waals surface area contributed by atoms with Gasteiger partial charge in [-0.1, -0.05) is 138 Å². The Hall–Kier alpha value is -0.280. The highest BCUT2D eigenvalue weighted by atomic mass is 15.2. The van der Waals surface area contributed by atoms with Crippen molar-refractivity contribution in [3.05, 3.63) is 0 Å². The number of hydrogen-bond acceptors (Lipinski definition) is 7. The fraction of sp³-hybridized carbons (Fsp3) is 1.00. The first-order valence-electron chi connectivity index (χ1n) is 30.5. The fourth-order valence-corrected chi connectivity index (χ4v) is 11.7. The zero-order valence-electron chi connectivity index (χ0n) is 54.6. The van der Waals surface area contributed by atoms with E-state index in [-0.39, 0.29) is 0 Å². The number of piperidine rings is 3. The normalized spacial score (nSPS) is 27.9. The lowest BCUT2D eigenvalue weighted by Gasteiger charge is -2.41. The van der Waals surface area contributed by atoms with Crippen molar-refractivity contribution in [3.8, 4) is 0 Å². The molecule has 0 aromatic heterocycles. The summed E-state index contributed by atoms with van der Waals surface area (Å²) in [7, 11) is 15.6. The molecule has 0 aromatic carbocycles. The van der Waals surface area contributed by atoms with Crippen LogP contribution in [0.15, 0.2) is 0 Å². The molecule has 7 fully saturated rings. The van der Waals surface area contributed by atoms with Crippen LogP contribution >= 0.6 is 0 Å². The summed E-state index contributed by atoms with van der Waals surface area (Å²) in [5.41, 5.74) is 2.50. The Morgan fingerprint density at radius 1 is 0.268 bits per heavy atom. The molecule has 7 saturated heterocycles. The average molecular weight is 1010 g/mol. The molecular weight excluding hydrogens is 867 g/mol. The summed E-state index contributed by atoms with van der Waals surface area (Å²) < 4.78 is 0. The summed E-state index contributed by atoms with van der Waals surface area (Å²) in [4.78, 5) is 17.1. The van der Waals surface area contributed by atoms with Crippen LogP contribution < -0.4 is 0 Å². The van der Waals surface area contributed by atoms with Gasteiger partial charge >= 0.3 is 0 Å². The maximum absolute atomic E-state index is 2.52. The van der Waals surface area contributed by atoms with Crippen LogP contribution in [-0.4, -0.2) is 173 Å². The van der Waals surface area contributed by atoms with Crippen molar-refractivity contribution in [1.82, 2.24) is 34.3 Å². The van der Waals surface area contributed by atoms with Gasteiger partial charge in [-0.15, -0.1) is 0 Å². The zero-order valence-corrected chi connectivity index (χ0v) is 54.6. The van der Waals surface area contributed by atoms with Gasteiger partial charge < -0.3 is 34.3 Å². The van der Waals surface area contributed by atoms with Gasteiger partial charge in [0.1, 0.15) is 0 Å². The first-order valence-corrected chi connectivity index (χ1v) is 30.5. The molecule has 0 amide bonds. The van der Waals surface area contributed by atoms with Crippen LogP contribution in [0.5, 0.6) is 0 Å². The van der Waals surface area contributed by atoms with E-state index in [1.807, 2.05) is 27.7 Å². The second-order valence-electron chi connectivity index (χ2n) is 28.8. The van der Waals surface area contributed by atoms with E-state index in [0.717, 1.165) is 41.9 Å². The molecule has 0 radical (unpaired) electrons. The molecule has 0 bridgehead atoms. The van der Waals surface area contributed by atoms with Gasteiger partial charge in [0, 0.05) is 37.3 Å². The SMILES string of the molecule is CC.CC.CN1CCC(C(C)(C)C)C1.CN1CCC(C(C)(C)C)CC1.CN1CCCC(C(C)(C)C)C1.CN1CCCC1C(C)(C)C.CN1CCCCC1C(C)(C)C.C[C@@H]1CCCN1C.C[C@H]1CCCN1C. The minimum Gasteiger partial charge on any atom is -0.306 e. The molecular formula is C64H139N7. The number of rotatable bonds is 0. The smallest absolute Gasteiger partial charge is 0.0141 e. The maximum atomic E-state index is 2.52. The van der Waals surface area contributed by atoms with Crippen LogP contribution in [0, 0.1) is 44.8 Å². The Bertz CT molecular complexity index is 1210. The lowest BCUT2D eigenvalue weighted by molar-refractivity contribution is 0.0883. The maximum Gasteiger partial charge on any atom is 0.0141 e. The second kappa shape index (κ2) is 35.9. The lowest BCUT2D eigenvalue weighted by atomic mass is 9.75. The predicted molar refractivity (Wildman–Crippen MR) is 325 cm³/mol. The van der Waals surface area contributed by atoms with Crippen LogP contribution in [0.1, 0.15) is 235 Å². The van der Waals surface area contributed by atoms with E-state index in [1.165, 1.54) is 155 Å². The summed E-state index contributed by atoms with van der Waals surface area (Å²) in [6, 6.07) is 3.31. The largest absolute Gasteiger partial charge is 0.306 e. The van der Waals surface area contributed by atoms with Crippen molar-refractivity contribution in [2.24, 2.45) is 44.8 Å². The molecule has 7 heterocycles. The third-order valence-corrected chi connectivity index (χ3v) is 17.5. The molecule has 71 heavy (non-hydrogen) atoms. The Balaban J connectivity index is 0. The first-order chi connectivity index (χ1) is 32.6.